The number of carbonyl (C=O) groups is 1. The quantitative estimate of drug-likeness (QED) is 0.803. The van der Waals surface area contributed by atoms with E-state index in [2.05, 4.69) is 15.6 Å². The van der Waals surface area contributed by atoms with Crippen molar-refractivity contribution in [3.8, 4) is 0 Å². The second-order valence-corrected chi connectivity index (χ2v) is 3.96. The maximum Gasteiger partial charge on any atom is 0.251 e. The number of ether oxygens (including phenoxy) is 2. The van der Waals surface area contributed by atoms with E-state index in [0.717, 1.165) is 0 Å². The fourth-order valence-corrected chi connectivity index (χ4v) is 1.67. The van der Waals surface area contributed by atoms with E-state index in [0.29, 0.717) is 37.7 Å². The van der Waals surface area contributed by atoms with Gasteiger partial charge in [-0.25, -0.2) is 4.98 Å². The minimum atomic E-state index is -0.136. The third kappa shape index (κ3) is 3.41. The average molecular weight is 251 g/mol. The topological polar surface area (TPSA) is 72.5 Å². The summed E-state index contributed by atoms with van der Waals surface area (Å²) in [5.41, 5.74) is 0.575. The summed E-state index contributed by atoms with van der Waals surface area (Å²) >= 11 is 0. The standard InChI is InChI=1S/C12H17N3O3/c1-13-11-6-9(2-3-14-11)12(16)15-7-10-8-17-4-5-18-10/h2-3,6,10H,4-5,7-8H2,1H3,(H,13,14)(H,15,16). The lowest BCUT2D eigenvalue weighted by atomic mass is 10.2. The normalized spacial score (nSPS) is 19.3. The van der Waals surface area contributed by atoms with Gasteiger partial charge < -0.3 is 20.1 Å². The molecule has 18 heavy (non-hydrogen) atoms. The molecule has 1 atom stereocenters. The first-order chi connectivity index (χ1) is 8.79. The molecular weight excluding hydrogens is 234 g/mol. The van der Waals surface area contributed by atoms with Crippen LogP contribution in [0.1, 0.15) is 10.4 Å². The molecule has 2 heterocycles. The van der Waals surface area contributed by atoms with Crippen LogP contribution >= 0.6 is 0 Å². The highest BCUT2D eigenvalue weighted by Gasteiger charge is 2.15. The Hall–Kier alpha value is -1.66. The van der Waals surface area contributed by atoms with Gasteiger partial charge in [0.05, 0.1) is 25.9 Å². The van der Waals surface area contributed by atoms with Crippen molar-refractivity contribution >= 4 is 11.7 Å². The number of anilines is 1. The summed E-state index contributed by atoms with van der Waals surface area (Å²) in [4.78, 5) is 15.9. The van der Waals surface area contributed by atoms with E-state index in [1.165, 1.54) is 0 Å². The first-order valence-electron chi connectivity index (χ1n) is 5.91. The van der Waals surface area contributed by atoms with Crippen LogP contribution in [0.25, 0.3) is 0 Å². The van der Waals surface area contributed by atoms with Crippen molar-refractivity contribution in [2.75, 3.05) is 38.7 Å². The van der Waals surface area contributed by atoms with Crippen LogP contribution in [0.5, 0.6) is 0 Å². The van der Waals surface area contributed by atoms with Crippen molar-refractivity contribution < 1.29 is 14.3 Å². The Morgan fingerprint density at radius 3 is 3.17 bits per heavy atom. The summed E-state index contributed by atoms with van der Waals surface area (Å²) in [5, 5.41) is 5.71. The zero-order chi connectivity index (χ0) is 12.8. The van der Waals surface area contributed by atoms with Gasteiger partial charge >= 0.3 is 0 Å². The molecule has 2 N–H and O–H groups in total. The molecule has 0 radical (unpaired) electrons. The highest BCUT2D eigenvalue weighted by atomic mass is 16.6. The number of hydrogen-bond donors (Lipinski definition) is 2. The maximum absolute atomic E-state index is 11.9. The molecule has 1 aliphatic heterocycles. The molecule has 0 aromatic carbocycles. The van der Waals surface area contributed by atoms with Gasteiger partial charge in [0.2, 0.25) is 0 Å². The molecule has 0 aliphatic carbocycles. The fraction of sp³-hybridized carbons (Fsp3) is 0.500. The first-order valence-corrected chi connectivity index (χ1v) is 5.91. The number of hydrogen-bond acceptors (Lipinski definition) is 5. The van der Waals surface area contributed by atoms with Gasteiger partial charge in [-0.3, -0.25) is 4.79 Å². The summed E-state index contributed by atoms with van der Waals surface area (Å²) < 4.78 is 10.7. The van der Waals surface area contributed by atoms with Crippen LogP contribution in [0.2, 0.25) is 0 Å². The van der Waals surface area contributed by atoms with Gasteiger partial charge in [-0.15, -0.1) is 0 Å². The van der Waals surface area contributed by atoms with Gasteiger partial charge in [0.15, 0.2) is 0 Å². The van der Waals surface area contributed by atoms with E-state index in [1.54, 1.807) is 25.4 Å². The third-order valence-corrected chi connectivity index (χ3v) is 2.65. The van der Waals surface area contributed by atoms with E-state index < -0.39 is 0 Å². The lowest BCUT2D eigenvalue weighted by Gasteiger charge is -2.23. The van der Waals surface area contributed by atoms with Crippen molar-refractivity contribution in [3.05, 3.63) is 23.9 Å². The molecule has 1 amide bonds. The van der Waals surface area contributed by atoms with Crippen molar-refractivity contribution in [3.63, 3.8) is 0 Å². The summed E-state index contributed by atoms with van der Waals surface area (Å²) in [7, 11) is 1.76. The predicted octanol–water partition coefficient (Wildman–Crippen LogP) is 0.268. The number of nitrogens with zero attached hydrogens (tertiary/aromatic N) is 1. The van der Waals surface area contributed by atoms with Crippen molar-refractivity contribution in [1.82, 2.24) is 10.3 Å². The number of pyridine rings is 1. The van der Waals surface area contributed by atoms with Gasteiger partial charge in [0.1, 0.15) is 5.82 Å². The Morgan fingerprint density at radius 1 is 1.56 bits per heavy atom. The molecule has 1 aliphatic rings. The Morgan fingerprint density at radius 2 is 2.44 bits per heavy atom. The molecule has 2 rings (SSSR count). The lowest BCUT2D eigenvalue weighted by Crippen LogP contribution is -2.39. The van der Waals surface area contributed by atoms with Crippen molar-refractivity contribution in [1.29, 1.82) is 0 Å². The van der Waals surface area contributed by atoms with E-state index in [4.69, 9.17) is 9.47 Å². The predicted molar refractivity (Wildman–Crippen MR) is 66.7 cm³/mol. The highest BCUT2D eigenvalue weighted by Crippen LogP contribution is 2.06. The van der Waals surface area contributed by atoms with Crippen molar-refractivity contribution in [2.24, 2.45) is 0 Å². The summed E-state index contributed by atoms with van der Waals surface area (Å²) in [6, 6.07) is 3.38. The number of nitrogens with one attached hydrogen (secondary N) is 2. The molecule has 1 fully saturated rings. The molecule has 1 unspecified atom stereocenters. The number of aromatic nitrogens is 1. The molecule has 0 spiro atoms. The number of carbonyl (C=O) groups excluding carboxylic acids is 1. The molecule has 6 nitrogen and oxygen atoms in total. The molecule has 98 valence electrons. The zero-order valence-electron chi connectivity index (χ0n) is 10.3. The van der Waals surface area contributed by atoms with Gasteiger partial charge in [0, 0.05) is 25.4 Å². The van der Waals surface area contributed by atoms with E-state index in [1.807, 2.05) is 0 Å². The van der Waals surface area contributed by atoms with Crippen LogP contribution in [-0.4, -0.2) is 50.4 Å². The average Bonchev–Trinajstić information content (AvgIpc) is 2.46. The van der Waals surface area contributed by atoms with Crippen molar-refractivity contribution in [2.45, 2.75) is 6.10 Å². The summed E-state index contributed by atoms with van der Waals surface area (Å²) in [6.07, 6.45) is 1.54. The zero-order valence-corrected chi connectivity index (χ0v) is 10.3. The Kier molecular flexibility index (Phi) is 4.49. The van der Waals surface area contributed by atoms with Crippen LogP contribution in [0.15, 0.2) is 18.3 Å². The van der Waals surface area contributed by atoms with Crippen LogP contribution in [0.3, 0.4) is 0 Å². The fourth-order valence-electron chi connectivity index (χ4n) is 1.67. The maximum atomic E-state index is 11.9. The molecule has 0 saturated carbocycles. The van der Waals surface area contributed by atoms with E-state index in [9.17, 15) is 4.79 Å². The molecule has 1 aromatic heterocycles. The molecule has 6 heteroatoms. The van der Waals surface area contributed by atoms with Gasteiger partial charge in [-0.2, -0.15) is 0 Å². The molecule has 0 bridgehead atoms. The number of amides is 1. The Labute approximate surface area is 106 Å². The van der Waals surface area contributed by atoms with E-state index >= 15 is 0 Å². The van der Waals surface area contributed by atoms with Gasteiger partial charge in [-0.05, 0) is 12.1 Å². The third-order valence-electron chi connectivity index (χ3n) is 2.65. The smallest absolute Gasteiger partial charge is 0.251 e. The number of rotatable bonds is 4. The lowest BCUT2D eigenvalue weighted by molar-refractivity contribution is -0.0855. The molecule has 1 saturated heterocycles. The molecular formula is C12H17N3O3. The Balaban J connectivity index is 1.86. The monoisotopic (exact) mass is 251 g/mol. The second-order valence-electron chi connectivity index (χ2n) is 3.96. The first kappa shape index (κ1) is 12.8. The van der Waals surface area contributed by atoms with Crippen LogP contribution < -0.4 is 10.6 Å². The van der Waals surface area contributed by atoms with Crippen LogP contribution in [0.4, 0.5) is 5.82 Å². The SMILES string of the molecule is CNc1cc(C(=O)NCC2COCCO2)ccn1. The highest BCUT2D eigenvalue weighted by molar-refractivity contribution is 5.94. The minimum absolute atomic E-state index is 0.0618. The van der Waals surface area contributed by atoms with Crippen LogP contribution in [-0.2, 0) is 9.47 Å². The van der Waals surface area contributed by atoms with Gasteiger partial charge in [0.25, 0.3) is 5.91 Å². The molecule has 1 aromatic rings. The largest absolute Gasteiger partial charge is 0.376 e. The summed E-state index contributed by atoms with van der Waals surface area (Å²) in [6.45, 7) is 2.19. The summed E-state index contributed by atoms with van der Waals surface area (Å²) in [5.74, 6) is 0.531. The second kappa shape index (κ2) is 6.32. The van der Waals surface area contributed by atoms with Crippen LogP contribution in [0, 0.1) is 0 Å². The van der Waals surface area contributed by atoms with Gasteiger partial charge in [-0.1, -0.05) is 0 Å². The van der Waals surface area contributed by atoms with E-state index in [-0.39, 0.29) is 12.0 Å². The Bertz CT molecular complexity index is 405. The minimum Gasteiger partial charge on any atom is -0.376 e.